The van der Waals surface area contributed by atoms with E-state index in [1.165, 1.54) is 13.3 Å². The van der Waals surface area contributed by atoms with Gasteiger partial charge < -0.3 is 29.6 Å². The fourth-order valence-electron chi connectivity index (χ4n) is 3.42. The summed E-state index contributed by atoms with van der Waals surface area (Å²) in [7, 11) is 1.36. The third-order valence-corrected chi connectivity index (χ3v) is 5.36. The van der Waals surface area contributed by atoms with E-state index >= 15 is 0 Å². The largest absolute Gasteiger partial charge is 0.494 e. The maximum absolute atomic E-state index is 10.5. The molecule has 1 saturated heterocycles. The van der Waals surface area contributed by atoms with Crippen molar-refractivity contribution in [1.29, 1.82) is 0 Å². The van der Waals surface area contributed by atoms with Gasteiger partial charge >= 0.3 is 0 Å². The average Bonchev–Trinajstić information content (AvgIpc) is 2.75. The van der Waals surface area contributed by atoms with E-state index in [2.05, 4.69) is 9.99 Å². The summed E-state index contributed by atoms with van der Waals surface area (Å²) < 4.78 is 11.3. The molecular formula is C22H26ClNO6. The average molecular weight is 436 g/mol. The highest BCUT2D eigenvalue weighted by atomic mass is 35.5. The summed E-state index contributed by atoms with van der Waals surface area (Å²) in [5, 5.41) is 35.1. The zero-order chi connectivity index (χ0) is 21.7. The Morgan fingerprint density at radius 1 is 1.07 bits per heavy atom. The first-order valence-corrected chi connectivity index (χ1v) is 10.1. The van der Waals surface area contributed by atoms with Gasteiger partial charge in [0, 0.05) is 5.02 Å². The molecule has 162 valence electrons. The molecule has 0 bridgehead atoms. The summed E-state index contributed by atoms with van der Waals surface area (Å²) >= 11 is 6.40. The Balaban J connectivity index is 1.83. The fraction of sp³-hybridized carbons (Fsp3) is 0.409. The molecule has 0 saturated carbocycles. The van der Waals surface area contributed by atoms with Gasteiger partial charge in [0.2, 0.25) is 0 Å². The van der Waals surface area contributed by atoms with Crippen LogP contribution in [0.15, 0.2) is 47.6 Å². The number of halogens is 1. The molecule has 0 unspecified atom stereocenters. The fourth-order valence-corrected chi connectivity index (χ4v) is 3.61. The van der Waals surface area contributed by atoms with Crippen molar-refractivity contribution in [3.05, 3.63) is 64.2 Å². The summed E-state index contributed by atoms with van der Waals surface area (Å²) in [6, 6.07) is 13.0. The maximum Gasteiger partial charge on any atom is 0.125 e. The molecule has 0 aromatic heterocycles. The maximum atomic E-state index is 10.5. The summed E-state index contributed by atoms with van der Waals surface area (Å²) in [6.45, 7) is 2.54. The SMILES string of the molecule is CCOc1ccc(Cc2cc([C@@H]3O[C@H](/C=N\OC)[C@@H](O)[C@H](O)[C@H]3O)ccc2Cl)cc1. The monoisotopic (exact) mass is 435 g/mol. The van der Waals surface area contributed by atoms with E-state index in [-0.39, 0.29) is 0 Å². The Bertz CT molecular complexity index is 859. The van der Waals surface area contributed by atoms with Gasteiger partial charge in [-0.15, -0.1) is 0 Å². The number of hydrogen-bond acceptors (Lipinski definition) is 7. The van der Waals surface area contributed by atoms with Crippen molar-refractivity contribution < 1.29 is 29.6 Å². The van der Waals surface area contributed by atoms with E-state index in [0.717, 1.165) is 16.9 Å². The van der Waals surface area contributed by atoms with Crippen LogP contribution in [0.5, 0.6) is 5.75 Å². The van der Waals surface area contributed by atoms with Crippen molar-refractivity contribution in [1.82, 2.24) is 0 Å². The van der Waals surface area contributed by atoms with Gasteiger partial charge in [-0.3, -0.25) is 0 Å². The van der Waals surface area contributed by atoms with Gasteiger partial charge in [-0.1, -0.05) is 41.0 Å². The van der Waals surface area contributed by atoms with Gasteiger partial charge in [0.15, 0.2) is 0 Å². The second kappa shape index (κ2) is 10.2. The van der Waals surface area contributed by atoms with Gasteiger partial charge in [-0.25, -0.2) is 0 Å². The molecule has 1 fully saturated rings. The lowest BCUT2D eigenvalue weighted by Crippen LogP contribution is -2.54. The molecule has 1 aliphatic rings. The number of benzene rings is 2. The third kappa shape index (κ3) is 5.11. The van der Waals surface area contributed by atoms with E-state index in [9.17, 15) is 15.3 Å². The summed E-state index contributed by atoms with van der Waals surface area (Å²) in [6.07, 6.45) is -4.02. The topological polar surface area (TPSA) is 101 Å². The molecule has 8 heteroatoms. The number of hydrogen-bond donors (Lipinski definition) is 3. The highest BCUT2D eigenvalue weighted by Gasteiger charge is 2.43. The lowest BCUT2D eigenvalue weighted by Gasteiger charge is -2.39. The van der Waals surface area contributed by atoms with Crippen molar-refractivity contribution in [3.8, 4) is 5.75 Å². The molecule has 2 aromatic carbocycles. The second-order valence-corrected chi connectivity index (χ2v) is 7.44. The van der Waals surface area contributed by atoms with E-state index < -0.39 is 30.5 Å². The molecule has 1 aliphatic heterocycles. The van der Waals surface area contributed by atoms with Crippen LogP contribution in [0.1, 0.15) is 29.7 Å². The van der Waals surface area contributed by atoms with E-state index in [1.807, 2.05) is 37.3 Å². The summed E-state index contributed by atoms with van der Waals surface area (Å²) in [5.41, 5.74) is 2.52. The van der Waals surface area contributed by atoms with Crippen LogP contribution in [0.25, 0.3) is 0 Å². The van der Waals surface area contributed by atoms with E-state index in [0.29, 0.717) is 23.6 Å². The first-order chi connectivity index (χ1) is 14.4. The number of rotatable bonds is 7. The second-order valence-electron chi connectivity index (χ2n) is 7.03. The summed E-state index contributed by atoms with van der Waals surface area (Å²) in [5.74, 6) is 0.802. The van der Waals surface area contributed by atoms with Crippen LogP contribution in [0, 0.1) is 0 Å². The van der Waals surface area contributed by atoms with E-state index in [1.54, 1.807) is 12.1 Å². The molecule has 2 aromatic rings. The third-order valence-electron chi connectivity index (χ3n) is 4.99. The standard InChI is InChI=1S/C22H26ClNO6/c1-3-29-16-7-4-13(5-8-16)10-15-11-14(6-9-17(15)23)22-21(27)20(26)19(25)18(30-22)12-24-28-2/h4-9,11-12,18-22,25-27H,3,10H2,1-2H3/b24-12-/t18-,19-,20+,21-,22+/m1/s1. The minimum Gasteiger partial charge on any atom is -0.494 e. The number of aliphatic hydroxyl groups excluding tert-OH is 3. The van der Waals surface area contributed by atoms with Crippen LogP contribution in [0.2, 0.25) is 5.02 Å². The minimum absolute atomic E-state index is 0.571. The number of aliphatic hydroxyl groups is 3. The zero-order valence-electron chi connectivity index (χ0n) is 16.8. The highest BCUT2D eigenvalue weighted by molar-refractivity contribution is 6.31. The Morgan fingerprint density at radius 2 is 1.80 bits per heavy atom. The lowest BCUT2D eigenvalue weighted by atomic mass is 9.90. The van der Waals surface area contributed by atoms with Crippen molar-refractivity contribution in [2.24, 2.45) is 5.16 Å². The van der Waals surface area contributed by atoms with E-state index in [4.69, 9.17) is 21.1 Å². The Hall–Kier alpha value is -2.16. The van der Waals surface area contributed by atoms with Crippen molar-refractivity contribution >= 4 is 17.8 Å². The molecule has 0 aliphatic carbocycles. The molecule has 0 amide bonds. The summed E-state index contributed by atoms with van der Waals surface area (Å²) in [4.78, 5) is 4.63. The quantitative estimate of drug-likeness (QED) is 0.456. The molecule has 0 radical (unpaired) electrons. The molecule has 30 heavy (non-hydrogen) atoms. The smallest absolute Gasteiger partial charge is 0.125 e. The van der Waals surface area contributed by atoms with Crippen molar-refractivity contribution in [2.75, 3.05) is 13.7 Å². The normalized spacial score (nSPS) is 26.7. The molecule has 3 N–H and O–H groups in total. The highest BCUT2D eigenvalue weighted by Crippen LogP contribution is 2.34. The van der Waals surface area contributed by atoms with Crippen LogP contribution in [-0.4, -0.2) is 59.7 Å². The van der Waals surface area contributed by atoms with Crippen LogP contribution in [-0.2, 0) is 16.0 Å². The first-order valence-electron chi connectivity index (χ1n) is 9.71. The van der Waals surface area contributed by atoms with Gasteiger partial charge in [-0.2, -0.15) is 0 Å². The van der Waals surface area contributed by atoms with Crippen LogP contribution < -0.4 is 4.74 Å². The minimum atomic E-state index is -1.40. The van der Waals surface area contributed by atoms with Gasteiger partial charge in [-0.05, 0) is 48.2 Å². The number of nitrogens with zero attached hydrogens (tertiary/aromatic N) is 1. The lowest BCUT2D eigenvalue weighted by molar-refractivity contribution is -0.205. The van der Waals surface area contributed by atoms with Crippen molar-refractivity contribution in [2.45, 2.75) is 43.9 Å². The zero-order valence-corrected chi connectivity index (χ0v) is 17.6. The first kappa shape index (κ1) is 22.5. The molecule has 3 rings (SSSR count). The predicted octanol–water partition coefficient (Wildman–Crippen LogP) is 2.48. The van der Waals surface area contributed by atoms with Gasteiger partial charge in [0.1, 0.15) is 43.4 Å². The Labute approximate surface area is 180 Å². The molecule has 0 spiro atoms. The van der Waals surface area contributed by atoms with Gasteiger partial charge in [0.05, 0.1) is 12.8 Å². The molecular weight excluding hydrogens is 410 g/mol. The van der Waals surface area contributed by atoms with Crippen LogP contribution in [0.3, 0.4) is 0 Å². The van der Waals surface area contributed by atoms with Crippen molar-refractivity contribution in [3.63, 3.8) is 0 Å². The van der Waals surface area contributed by atoms with Gasteiger partial charge in [0.25, 0.3) is 0 Å². The van der Waals surface area contributed by atoms with Crippen LogP contribution in [0.4, 0.5) is 0 Å². The number of oxime groups is 1. The number of ether oxygens (including phenoxy) is 2. The Kier molecular flexibility index (Phi) is 7.69. The Morgan fingerprint density at radius 3 is 2.47 bits per heavy atom. The predicted molar refractivity (Wildman–Crippen MR) is 113 cm³/mol. The molecule has 7 nitrogen and oxygen atoms in total. The van der Waals surface area contributed by atoms with Crippen LogP contribution >= 0.6 is 11.6 Å². The molecule has 1 heterocycles. The molecule has 5 atom stereocenters.